The zero-order valence-corrected chi connectivity index (χ0v) is 14.5. The molecule has 0 bridgehead atoms. The lowest BCUT2D eigenvalue weighted by molar-refractivity contribution is 0.0935. The first-order chi connectivity index (χ1) is 11.6. The number of amides is 1. The number of phenols is 1. The van der Waals surface area contributed by atoms with Gasteiger partial charge in [-0.15, -0.1) is 11.3 Å². The normalized spacial score (nSPS) is 22.2. The van der Waals surface area contributed by atoms with Crippen molar-refractivity contribution in [3.8, 4) is 11.5 Å². The Morgan fingerprint density at radius 1 is 1.33 bits per heavy atom. The zero-order valence-electron chi connectivity index (χ0n) is 13.7. The topological polar surface area (TPSA) is 70.6 Å². The highest BCUT2D eigenvalue weighted by molar-refractivity contribution is 7.16. The van der Waals surface area contributed by atoms with Crippen LogP contribution in [0, 0.1) is 5.92 Å². The van der Waals surface area contributed by atoms with E-state index in [2.05, 4.69) is 17.6 Å². The molecule has 3 N–H and O–H groups in total. The van der Waals surface area contributed by atoms with Crippen LogP contribution in [0.25, 0.3) is 0 Å². The minimum absolute atomic E-state index is 0.0205. The summed E-state index contributed by atoms with van der Waals surface area (Å²) < 4.78 is 5.16. The molecule has 2 heterocycles. The fourth-order valence-electron chi connectivity index (χ4n) is 3.50. The van der Waals surface area contributed by atoms with Crippen LogP contribution in [0.1, 0.15) is 45.9 Å². The number of rotatable bonds is 2. The predicted octanol–water partition coefficient (Wildman–Crippen LogP) is 3.44. The number of phenolic OH excluding ortho intramolecular Hbond substituents is 1. The number of carbonyl (C=O) groups is 1. The van der Waals surface area contributed by atoms with Gasteiger partial charge in [0.1, 0.15) is 11.2 Å². The Morgan fingerprint density at radius 3 is 2.96 bits per heavy atom. The lowest BCUT2D eigenvalue weighted by Gasteiger charge is -2.27. The maximum atomic E-state index is 12.7. The molecule has 6 heteroatoms. The monoisotopic (exact) mass is 344 g/mol. The second-order valence-corrected chi connectivity index (χ2v) is 7.64. The molecule has 1 amide bonds. The Kier molecular flexibility index (Phi) is 3.64. The number of fused-ring (bicyclic) bond motifs is 3. The molecule has 0 fully saturated rings. The van der Waals surface area contributed by atoms with Gasteiger partial charge < -0.3 is 20.5 Å². The second kappa shape index (κ2) is 5.70. The lowest BCUT2D eigenvalue weighted by Crippen LogP contribution is -2.38. The first kappa shape index (κ1) is 15.3. The van der Waals surface area contributed by atoms with E-state index in [9.17, 15) is 9.90 Å². The van der Waals surface area contributed by atoms with E-state index in [1.165, 1.54) is 17.6 Å². The van der Waals surface area contributed by atoms with E-state index in [1.807, 2.05) is 0 Å². The second-order valence-electron chi connectivity index (χ2n) is 6.54. The van der Waals surface area contributed by atoms with Crippen molar-refractivity contribution < 1.29 is 14.6 Å². The van der Waals surface area contributed by atoms with Crippen LogP contribution < -0.4 is 15.4 Å². The first-order valence-corrected chi connectivity index (χ1v) is 8.97. The fourth-order valence-corrected chi connectivity index (χ4v) is 4.94. The predicted molar refractivity (Wildman–Crippen MR) is 94.0 cm³/mol. The van der Waals surface area contributed by atoms with Crippen LogP contribution in [0.5, 0.6) is 11.5 Å². The number of nitrogens with one attached hydrogen (secondary N) is 2. The summed E-state index contributed by atoms with van der Waals surface area (Å²) in [5.74, 6) is 1.14. The minimum Gasteiger partial charge on any atom is -0.504 e. The molecule has 4 rings (SSSR count). The molecule has 2 atom stereocenters. The van der Waals surface area contributed by atoms with Gasteiger partial charge in [-0.2, -0.15) is 0 Å². The van der Waals surface area contributed by atoms with Gasteiger partial charge in [0.15, 0.2) is 11.5 Å². The maximum absolute atomic E-state index is 12.7. The number of benzene rings is 1. The summed E-state index contributed by atoms with van der Waals surface area (Å²) in [7, 11) is 1.51. The van der Waals surface area contributed by atoms with E-state index < -0.39 is 0 Å². The number of aromatic hydroxyl groups is 1. The van der Waals surface area contributed by atoms with Crippen LogP contribution in [0.15, 0.2) is 18.2 Å². The molecular formula is C18H20N2O3S. The molecule has 0 saturated heterocycles. The van der Waals surface area contributed by atoms with Gasteiger partial charge in [-0.25, -0.2) is 0 Å². The number of ether oxygens (including phenoxy) is 1. The van der Waals surface area contributed by atoms with Crippen LogP contribution >= 0.6 is 11.3 Å². The molecule has 2 aromatic rings. The van der Waals surface area contributed by atoms with E-state index >= 15 is 0 Å². The molecule has 24 heavy (non-hydrogen) atoms. The number of methoxy groups -OCH3 is 1. The van der Waals surface area contributed by atoms with Gasteiger partial charge in [0.2, 0.25) is 0 Å². The Morgan fingerprint density at radius 2 is 2.17 bits per heavy atom. The van der Waals surface area contributed by atoms with Crippen molar-refractivity contribution in [2.45, 2.75) is 32.4 Å². The fraction of sp³-hybridized carbons (Fsp3) is 0.389. The zero-order chi connectivity index (χ0) is 16.8. The van der Waals surface area contributed by atoms with Crippen LogP contribution in [0.4, 0.5) is 5.00 Å². The van der Waals surface area contributed by atoms with Gasteiger partial charge in [-0.1, -0.05) is 13.0 Å². The van der Waals surface area contributed by atoms with Crippen LogP contribution in [0.2, 0.25) is 0 Å². The van der Waals surface area contributed by atoms with Crippen molar-refractivity contribution in [2.75, 3.05) is 12.4 Å². The van der Waals surface area contributed by atoms with Crippen molar-refractivity contribution in [3.63, 3.8) is 0 Å². The van der Waals surface area contributed by atoms with E-state index in [0.717, 1.165) is 35.4 Å². The molecule has 1 aromatic carbocycles. The summed E-state index contributed by atoms with van der Waals surface area (Å²) in [5, 5.41) is 17.2. The molecule has 5 nitrogen and oxygen atoms in total. The number of hydrogen-bond acceptors (Lipinski definition) is 5. The van der Waals surface area contributed by atoms with Crippen LogP contribution in [-0.2, 0) is 12.8 Å². The van der Waals surface area contributed by atoms with Crippen LogP contribution in [0.3, 0.4) is 0 Å². The molecule has 0 saturated carbocycles. The first-order valence-electron chi connectivity index (χ1n) is 8.15. The third-order valence-electron chi connectivity index (χ3n) is 4.83. The molecule has 0 unspecified atom stereocenters. The van der Waals surface area contributed by atoms with E-state index in [0.29, 0.717) is 11.7 Å². The molecule has 1 aliphatic heterocycles. The molecule has 126 valence electrons. The van der Waals surface area contributed by atoms with Crippen molar-refractivity contribution in [1.82, 2.24) is 5.32 Å². The molecule has 1 aromatic heterocycles. The summed E-state index contributed by atoms with van der Waals surface area (Å²) in [5.41, 5.74) is 2.90. The molecular weight excluding hydrogens is 324 g/mol. The number of anilines is 1. The Labute approximate surface area is 144 Å². The smallest absolute Gasteiger partial charge is 0.256 e. The van der Waals surface area contributed by atoms with Crippen molar-refractivity contribution >= 4 is 22.2 Å². The summed E-state index contributed by atoms with van der Waals surface area (Å²) in [6, 6.07) is 5.11. The minimum atomic E-state index is -0.322. The third-order valence-corrected chi connectivity index (χ3v) is 6.01. The Bertz CT molecular complexity index is 815. The molecule has 0 radical (unpaired) electrons. The molecule has 1 aliphatic carbocycles. The van der Waals surface area contributed by atoms with Gasteiger partial charge in [-0.05, 0) is 48.4 Å². The highest BCUT2D eigenvalue weighted by Gasteiger charge is 2.33. The van der Waals surface area contributed by atoms with Crippen molar-refractivity contribution in [2.24, 2.45) is 5.92 Å². The van der Waals surface area contributed by atoms with Gasteiger partial charge in [0, 0.05) is 4.88 Å². The molecule has 0 spiro atoms. The van der Waals surface area contributed by atoms with E-state index in [4.69, 9.17) is 4.74 Å². The Hall–Kier alpha value is -2.21. The number of hydrogen-bond donors (Lipinski definition) is 3. The average molecular weight is 344 g/mol. The number of thiophene rings is 1. The largest absolute Gasteiger partial charge is 0.504 e. The van der Waals surface area contributed by atoms with Gasteiger partial charge in [0.25, 0.3) is 5.91 Å². The third kappa shape index (κ3) is 2.41. The van der Waals surface area contributed by atoms with Crippen molar-refractivity contribution in [3.05, 3.63) is 39.8 Å². The van der Waals surface area contributed by atoms with Crippen LogP contribution in [-0.4, -0.2) is 18.1 Å². The number of carbonyl (C=O) groups excluding carboxylic acids is 1. The summed E-state index contributed by atoms with van der Waals surface area (Å²) >= 11 is 1.70. The van der Waals surface area contributed by atoms with Gasteiger partial charge >= 0.3 is 0 Å². The molecule has 2 aliphatic rings. The van der Waals surface area contributed by atoms with E-state index in [-0.39, 0.29) is 17.8 Å². The van der Waals surface area contributed by atoms with E-state index in [1.54, 1.807) is 29.5 Å². The highest BCUT2D eigenvalue weighted by atomic mass is 32.1. The summed E-state index contributed by atoms with van der Waals surface area (Å²) in [4.78, 5) is 14.0. The maximum Gasteiger partial charge on any atom is 0.256 e. The van der Waals surface area contributed by atoms with Gasteiger partial charge in [-0.3, -0.25) is 4.79 Å². The standard InChI is InChI=1S/C18H20N2O3S/c1-9-3-5-11-14(7-9)24-18-15(11)17(22)19-16(20-18)10-4-6-12(21)13(8-10)23-2/h4,6,8-9,16,20-21H,3,5,7H2,1-2H3,(H,19,22)/t9-,16+/m0/s1. The Balaban J connectivity index is 1.68. The quantitative estimate of drug-likeness (QED) is 0.780. The SMILES string of the molecule is COc1cc([C@@H]2NC(=O)c3c(sc4c3CC[C@H](C)C4)N2)ccc1O. The lowest BCUT2D eigenvalue weighted by atomic mass is 9.88. The summed E-state index contributed by atoms with van der Waals surface area (Å²) in [6.45, 7) is 2.26. The highest BCUT2D eigenvalue weighted by Crippen LogP contribution is 2.43. The van der Waals surface area contributed by atoms with Crippen molar-refractivity contribution in [1.29, 1.82) is 0 Å². The average Bonchev–Trinajstić information content (AvgIpc) is 2.92. The summed E-state index contributed by atoms with van der Waals surface area (Å²) in [6.07, 6.45) is 2.86. The van der Waals surface area contributed by atoms with Gasteiger partial charge in [0.05, 0.1) is 12.7 Å².